The molecule has 14 heavy (non-hydrogen) atoms. The fourth-order valence-corrected chi connectivity index (χ4v) is 1.85. The minimum absolute atomic E-state index is 0.146. The first-order valence-electron chi connectivity index (χ1n) is 5.05. The van der Waals surface area contributed by atoms with E-state index >= 15 is 0 Å². The third-order valence-electron chi connectivity index (χ3n) is 2.86. The number of aromatic hydroxyl groups is 1. The molecule has 0 aliphatic carbocycles. The lowest BCUT2D eigenvalue weighted by molar-refractivity contribution is 0.464. The van der Waals surface area contributed by atoms with Crippen molar-refractivity contribution in [1.29, 1.82) is 0 Å². The third-order valence-corrected chi connectivity index (χ3v) is 2.86. The highest BCUT2D eigenvalue weighted by atomic mass is 16.3. The van der Waals surface area contributed by atoms with Crippen LogP contribution >= 0.6 is 0 Å². The van der Waals surface area contributed by atoms with Gasteiger partial charge in [0.05, 0.1) is 0 Å². The van der Waals surface area contributed by atoms with Crippen LogP contribution in [0.15, 0.2) is 6.07 Å². The van der Waals surface area contributed by atoms with Crippen molar-refractivity contribution in [3.8, 4) is 5.75 Å². The monoisotopic (exact) mass is 192 g/mol. The highest BCUT2D eigenvalue weighted by Gasteiger charge is 2.19. The van der Waals surface area contributed by atoms with E-state index in [1.54, 1.807) is 0 Å². The molecule has 1 nitrogen and oxygen atoms in total. The van der Waals surface area contributed by atoms with Gasteiger partial charge in [-0.25, -0.2) is 0 Å². The zero-order valence-corrected chi connectivity index (χ0v) is 10.0. The van der Waals surface area contributed by atoms with E-state index in [0.717, 1.165) is 11.1 Å². The summed E-state index contributed by atoms with van der Waals surface area (Å²) in [5.74, 6) is 0.440. The number of phenols is 1. The van der Waals surface area contributed by atoms with Crippen LogP contribution in [0.5, 0.6) is 5.75 Å². The largest absolute Gasteiger partial charge is 0.507 e. The van der Waals surface area contributed by atoms with E-state index in [1.807, 2.05) is 13.8 Å². The summed E-state index contributed by atoms with van der Waals surface area (Å²) in [7, 11) is 0. The van der Waals surface area contributed by atoms with Gasteiger partial charge in [0.25, 0.3) is 0 Å². The maximum atomic E-state index is 9.78. The molecule has 0 heterocycles. The molecule has 0 aromatic heterocycles. The van der Waals surface area contributed by atoms with Crippen LogP contribution in [0.25, 0.3) is 0 Å². The lowest BCUT2D eigenvalue weighted by Gasteiger charge is -2.24. The zero-order valence-electron chi connectivity index (χ0n) is 10.0. The molecule has 0 amide bonds. The molecule has 0 saturated carbocycles. The van der Waals surface area contributed by atoms with E-state index in [-0.39, 0.29) is 5.41 Å². The average Bonchev–Trinajstić information content (AvgIpc) is 2.06. The van der Waals surface area contributed by atoms with Crippen LogP contribution in [-0.2, 0) is 5.41 Å². The minimum Gasteiger partial charge on any atom is -0.507 e. The van der Waals surface area contributed by atoms with Crippen LogP contribution in [0.1, 0.15) is 43.0 Å². The Bertz CT molecular complexity index is 356. The Labute approximate surface area is 86.8 Å². The van der Waals surface area contributed by atoms with Crippen LogP contribution in [0.3, 0.4) is 0 Å². The number of aryl methyl sites for hydroxylation is 1. The van der Waals surface area contributed by atoms with Crippen molar-refractivity contribution >= 4 is 0 Å². The van der Waals surface area contributed by atoms with Crippen molar-refractivity contribution in [2.24, 2.45) is 0 Å². The molecule has 1 aromatic carbocycles. The summed E-state index contributed by atoms with van der Waals surface area (Å²) in [5.41, 5.74) is 4.66. The summed E-state index contributed by atoms with van der Waals surface area (Å²) >= 11 is 0. The van der Waals surface area contributed by atoms with E-state index in [1.165, 1.54) is 11.1 Å². The fraction of sp³-hybridized carbons (Fsp3) is 0.538. The predicted molar refractivity (Wildman–Crippen MR) is 61.0 cm³/mol. The molecule has 0 spiro atoms. The van der Waals surface area contributed by atoms with Crippen molar-refractivity contribution in [3.63, 3.8) is 0 Å². The van der Waals surface area contributed by atoms with Gasteiger partial charge in [0, 0.05) is 0 Å². The second kappa shape index (κ2) is 3.30. The van der Waals surface area contributed by atoms with Crippen molar-refractivity contribution in [3.05, 3.63) is 28.3 Å². The van der Waals surface area contributed by atoms with Gasteiger partial charge in [-0.2, -0.15) is 0 Å². The van der Waals surface area contributed by atoms with Gasteiger partial charge in [0.2, 0.25) is 0 Å². The average molecular weight is 192 g/mol. The van der Waals surface area contributed by atoms with Gasteiger partial charge in [-0.3, -0.25) is 0 Å². The number of hydrogen-bond acceptors (Lipinski definition) is 1. The topological polar surface area (TPSA) is 20.2 Å². The van der Waals surface area contributed by atoms with E-state index in [0.29, 0.717) is 5.75 Å². The predicted octanol–water partition coefficient (Wildman–Crippen LogP) is 3.61. The molecule has 0 unspecified atom stereocenters. The smallest absolute Gasteiger partial charge is 0.121 e. The molecule has 0 aliphatic heterocycles. The highest BCUT2D eigenvalue weighted by Crippen LogP contribution is 2.33. The second-order valence-corrected chi connectivity index (χ2v) is 5.09. The Morgan fingerprint density at radius 3 is 1.93 bits per heavy atom. The Morgan fingerprint density at radius 1 is 1.00 bits per heavy atom. The summed E-state index contributed by atoms with van der Waals surface area (Å²) in [6, 6.07) is 2.09. The summed E-state index contributed by atoms with van der Waals surface area (Å²) in [6.45, 7) is 12.6. The first-order chi connectivity index (χ1) is 6.25. The molecule has 1 rings (SSSR count). The molecular weight excluding hydrogens is 172 g/mol. The van der Waals surface area contributed by atoms with Crippen LogP contribution in [-0.4, -0.2) is 5.11 Å². The van der Waals surface area contributed by atoms with Crippen LogP contribution in [0.4, 0.5) is 0 Å². The van der Waals surface area contributed by atoms with Crippen LogP contribution in [0.2, 0.25) is 0 Å². The lowest BCUT2D eigenvalue weighted by Crippen LogP contribution is -2.14. The third kappa shape index (κ3) is 1.77. The molecule has 0 bridgehead atoms. The van der Waals surface area contributed by atoms with E-state index in [4.69, 9.17) is 0 Å². The van der Waals surface area contributed by atoms with Gasteiger partial charge < -0.3 is 5.11 Å². The summed E-state index contributed by atoms with van der Waals surface area (Å²) in [4.78, 5) is 0. The summed E-state index contributed by atoms with van der Waals surface area (Å²) in [6.07, 6.45) is 0. The van der Waals surface area contributed by atoms with Gasteiger partial charge in [-0.15, -0.1) is 0 Å². The van der Waals surface area contributed by atoms with E-state index < -0.39 is 0 Å². The molecule has 0 radical (unpaired) electrons. The number of rotatable bonds is 0. The Morgan fingerprint density at radius 2 is 1.50 bits per heavy atom. The van der Waals surface area contributed by atoms with Crippen molar-refractivity contribution < 1.29 is 5.11 Å². The number of benzene rings is 1. The molecule has 0 fully saturated rings. The molecule has 78 valence electrons. The molecule has 0 atom stereocenters. The molecule has 1 heteroatoms. The second-order valence-electron chi connectivity index (χ2n) is 5.09. The molecular formula is C13H20O. The highest BCUT2D eigenvalue weighted by molar-refractivity contribution is 5.50. The summed E-state index contributed by atoms with van der Waals surface area (Å²) < 4.78 is 0. The SMILES string of the molecule is Cc1cc(C(C)(C)C)c(C)c(C)c1O. The van der Waals surface area contributed by atoms with Crippen molar-refractivity contribution in [1.82, 2.24) is 0 Å². The van der Waals surface area contributed by atoms with Crippen molar-refractivity contribution in [2.45, 2.75) is 47.0 Å². The Kier molecular flexibility index (Phi) is 2.62. The minimum atomic E-state index is 0.146. The van der Waals surface area contributed by atoms with Gasteiger partial charge >= 0.3 is 0 Å². The Balaban J connectivity index is 3.49. The molecule has 1 N–H and O–H groups in total. The first kappa shape index (κ1) is 11.1. The van der Waals surface area contributed by atoms with Gasteiger partial charge in [0.15, 0.2) is 0 Å². The molecule has 0 aliphatic rings. The van der Waals surface area contributed by atoms with E-state index in [9.17, 15) is 5.11 Å². The first-order valence-corrected chi connectivity index (χ1v) is 5.05. The molecule has 0 saturated heterocycles. The zero-order chi connectivity index (χ0) is 11.1. The van der Waals surface area contributed by atoms with E-state index in [2.05, 4.69) is 33.8 Å². The maximum absolute atomic E-state index is 9.78. The van der Waals surface area contributed by atoms with Crippen LogP contribution < -0.4 is 0 Å². The van der Waals surface area contributed by atoms with Gasteiger partial charge in [-0.05, 0) is 48.4 Å². The van der Waals surface area contributed by atoms with Gasteiger partial charge in [0.1, 0.15) is 5.75 Å². The number of hydrogen-bond donors (Lipinski definition) is 1. The quantitative estimate of drug-likeness (QED) is 0.665. The number of phenolic OH excluding ortho intramolecular Hbond substituents is 1. The van der Waals surface area contributed by atoms with Gasteiger partial charge in [-0.1, -0.05) is 26.8 Å². The lowest BCUT2D eigenvalue weighted by atomic mass is 9.81. The normalized spacial score (nSPS) is 11.9. The Hall–Kier alpha value is -0.980. The fourth-order valence-electron chi connectivity index (χ4n) is 1.85. The molecule has 1 aromatic rings. The summed E-state index contributed by atoms with van der Waals surface area (Å²) in [5, 5.41) is 9.78. The van der Waals surface area contributed by atoms with Crippen LogP contribution in [0, 0.1) is 20.8 Å². The standard InChI is InChI=1S/C13H20O/c1-8-7-11(13(4,5)6)9(2)10(3)12(8)14/h7,14H,1-6H3. The maximum Gasteiger partial charge on any atom is 0.121 e. The van der Waals surface area contributed by atoms with Crippen molar-refractivity contribution in [2.75, 3.05) is 0 Å².